The fourth-order valence-corrected chi connectivity index (χ4v) is 1.40. The lowest BCUT2D eigenvalue weighted by atomic mass is 10.1. The summed E-state index contributed by atoms with van der Waals surface area (Å²) >= 11 is 0. The van der Waals surface area contributed by atoms with Crippen LogP contribution in [-0.2, 0) is 4.79 Å². The van der Waals surface area contributed by atoms with Gasteiger partial charge >= 0.3 is 5.97 Å². The molecule has 1 unspecified atom stereocenters. The third-order valence-corrected chi connectivity index (χ3v) is 1.99. The number of hydrogen-bond acceptors (Lipinski definition) is 2. The third-order valence-electron chi connectivity index (χ3n) is 1.99. The van der Waals surface area contributed by atoms with Crippen LogP contribution in [0.5, 0.6) is 0 Å². The van der Waals surface area contributed by atoms with Gasteiger partial charge in [0.15, 0.2) is 0 Å². The van der Waals surface area contributed by atoms with E-state index in [1.54, 1.807) is 0 Å². The van der Waals surface area contributed by atoms with Gasteiger partial charge in [-0.05, 0) is 19.3 Å². The highest BCUT2D eigenvalue weighted by Gasteiger charge is 2.27. The number of carbonyl (C=O) groups is 1. The predicted octanol–water partition coefficient (Wildman–Crippen LogP) is 1.19. The van der Waals surface area contributed by atoms with Crippen LogP contribution in [0.1, 0.15) is 19.3 Å². The molecular formula is C8H14ClNO2. The van der Waals surface area contributed by atoms with Crippen LogP contribution in [0.4, 0.5) is 0 Å². The lowest BCUT2D eigenvalue weighted by Crippen LogP contribution is -2.34. The normalized spacial score (nSPS) is 27.7. The van der Waals surface area contributed by atoms with Gasteiger partial charge in [-0.15, -0.1) is 19.0 Å². The first-order chi connectivity index (χ1) is 5.24. The van der Waals surface area contributed by atoms with Crippen molar-refractivity contribution in [2.75, 3.05) is 0 Å². The maximum Gasteiger partial charge on any atom is 0.320 e. The Balaban J connectivity index is 0.00000121. The van der Waals surface area contributed by atoms with Crippen LogP contribution in [0, 0.1) is 0 Å². The van der Waals surface area contributed by atoms with Crippen molar-refractivity contribution in [3.05, 3.63) is 12.7 Å². The minimum atomic E-state index is -0.739. The van der Waals surface area contributed by atoms with Crippen LogP contribution >= 0.6 is 12.4 Å². The first-order valence-electron chi connectivity index (χ1n) is 3.83. The smallest absolute Gasteiger partial charge is 0.320 e. The van der Waals surface area contributed by atoms with Crippen molar-refractivity contribution in [3.8, 4) is 0 Å². The number of hydrogen-bond donors (Lipinski definition) is 2. The van der Waals surface area contributed by atoms with E-state index in [0.29, 0.717) is 6.04 Å². The van der Waals surface area contributed by atoms with E-state index in [0.717, 1.165) is 19.3 Å². The second-order valence-corrected chi connectivity index (χ2v) is 2.86. The van der Waals surface area contributed by atoms with Gasteiger partial charge in [-0.3, -0.25) is 4.79 Å². The van der Waals surface area contributed by atoms with Crippen LogP contribution in [0.3, 0.4) is 0 Å². The number of aliphatic carboxylic acids is 1. The van der Waals surface area contributed by atoms with E-state index in [4.69, 9.17) is 5.11 Å². The molecule has 2 N–H and O–H groups in total. The molecule has 0 aromatic rings. The first kappa shape index (κ1) is 11.5. The zero-order valence-electron chi connectivity index (χ0n) is 6.82. The van der Waals surface area contributed by atoms with Crippen molar-refractivity contribution in [2.24, 2.45) is 0 Å². The molecule has 3 nitrogen and oxygen atoms in total. The number of carboxylic acid groups (broad SMARTS) is 1. The van der Waals surface area contributed by atoms with Crippen molar-refractivity contribution in [3.63, 3.8) is 0 Å². The van der Waals surface area contributed by atoms with Crippen molar-refractivity contribution >= 4 is 18.4 Å². The van der Waals surface area contributed by atoms with Crippen LogP contribution in [0.15, 0.2) is 12.7 Å². The number of carboxylic acids is 1. The fourth-order valence-electron chi connectivity index (χ4n) is 1.40. The maximum atomic E-state index is 10.5. The summed E-state index contributed by atoms with van der Waals surface area (Å²) < 4.78 is 0. The molecule has 0 amide bonds. The van der Waals surface area contributed by atoms with E-state index in [1.165, 1.54) is 0 Å². The summed E-state index contributed by atoms with van der Waals surface area (Å²) in [5.74, 6) is -0.739. The van der Waals surface area contributed by atoms with Gasteiger partial charge < -0.3 is 10.4 Å². The molecule has 1 fully saturated rings. The Kier molecular flexibility index (Phi) is 4.93. The summed E-state index contributed by atoms with van der Waals surface area (Å²) in [6, 6.07) is -0.00597. The zero-order valence-corrected chi connectivity index (χ0v) is 7.64. The quantitative estimate of drug-likeness (QED) is 0.659. The van der Waals surface area contributed by atoms with Gasteiger partial charge in [0.05, 0.1) is 0 Å². The van der Waals surface area contributed by atoms with Gasteiger partial charge in [-0.2, -0.15) is 0 Å². The molecule has 2 atom stereocenters. The summed E-state index contributed by atoms with van der Waals surface area (Å²) in [5.41, 5.74) is 0. The summed E-state index contributed by atoms with van der Waals surface area (Å²) in [6.45, 7) is 3.61. The van der Waals surface area contributed by atoms with Gasteiger partial charge in [0.2, 0.25) is 0 Å². The Morgan fingerprint density at radius 1 is 1.67 bits per heavy atom. The highest BCUT2D eigenvalue weighted by atomic mass is 35.5. The molecule has 0 bridgehead atoms. The molecule has 4 heteroatoms. The molecule has 0 aromatic carbocycles. The van der Waals surface area contributed by atoms with Gasteiger partial charge in [0.25, 0.3) is 0 Å². The number of rotatable bonds is 3. The predicted molar refractivity (Wildman–Crippen MR) is 49.6 cm³/mol. The Bertz CT molecular complexity index is 172. The van der Waals surface area contributed by atoms with Gasteiger partial charge in [0.1, 0.15) is 6.04 Å². The number of halogens is 1. The third kappa shape index (κ3) is 2.83. The van der Waals surface area contributed by atoms with E-state index in [-0.39, 0.29) is 18.4 Å². The fraction of sp³-hybridized carbons (Fsp3) is 0.625. The van der Waals surface area contributed by atoms with E-state index in [9.17, 15) is 4.79 Å². The van der Waals surface area contributed by atoms with E-state index in [1.807, 2.05) is 6.08 Å². The highest BCUT2D eigenvalue weighted by molar-refractivity contribution is 5.85. The molecule has 1 heterocycles. The van der Waals surface area contributed by atoms with Crippen molar-refractivity contribution in [1.29, 1.82) is 0 Å². The minimum absolute atomic E-state index is 0. The van der Waals surface area contributed by atoms with Crippen molar-refractivity contribution in [1.82, 2.24) is 5.32 Å². The Morgan fingerprint density at radius 2 is 2.33 bits per heavy atom. The Hall–Kier alpha value is -0.540. The summed E-state index contributed by atoms with van der Waals surface area (Å²) in [4.78, 5) is 10.5. The monoisotopic (exact) mass is 191 g/mol. The molecule has 12 heavy (non-hydrogen) atoms. The molecule has 0 aromatic heterocycles. The number of nitrogens with one attached hydrogen (secondary N) is 1. The van der Waals surface area contributed by atoms with Crippen molar-refractivity contribution in [2.45, 2.75) is 31.3 Å². The molecular weight excluding hydrogens is 178 g/mol. The topological polar surface area (TPSA) is 49.3 Å². The lowest BCUT2D eigenvalue weighted by molar-refractivity contribution is -0.139. The van der Waals surface area contributed by atoms with E-state index >= 15 is 0 Å². The maximum absolute atomic E-state index is 10.5. The molecule has 0 aliphatic carbocycles. The van der Waals surface area contributed by atoms with Crippen molar-refractivity contribution < 1.29 is 9.90 Å². The Labute approximate surface area is 78.3 Å². The molecule has 0 radical (unpaired) electrons. The molecule has 0 spiro atoms. The van der Waals surface area contributed by atoms with Gasteiger partial charge in [-0.1, -0.05) is 6.08 Å². The molecule has 1 aliphatic rings. The molecule has 70 valence electrons. The average Bonchev–Trinajstić information content (AvgIpc) is 2.37. The van der Waals surface area contributed by atoms with Crippen LogP contribution in [0.2, 0.25) is 0 Å². The molecule has 1 rings (SSSR count). The van der Waals surface area contributed by atoms with Gasteiger partial charge in [-0.25, -0.2) is 0 Å². The van der Waals surface area contributed by atoms with E-state index in [2.05, 4.69) is 11.9 Å². The Morgan fingerprint density at radius 3 is 2.75 bits per heavy atom. The van der Waals surface area contributed by atoms with Crippen LogP contribution < -0.4 is 5.32 Å². The summed E-state index contributed by atoms with van der Waals surface area (Å²) in [7, 11) is 0. The lowest BCUT2D eigenvalue weighted by Gasteiger charge is -2.07. The SMILES string of the molecule is C=CCC1CC[C@@H](C(=O)O)N1.Cl. The molecule has 0 saturated carbocycles. The minimum Gasteiger partial charge on any atom is -0.480 e. The highest BCUT2D eigenvalue weighted by Crippen LogP contribution is 2.14. The summed E-state index contributed by atoms with van der Waals surface area (Å²) in [6.07, 6.45) is 4.38. The summed E-state index contributed by atoms with van der Waals surface area (Å²) in [5, 5.41) is 11.6. The van der Waals surface area contributed by atoms with Gasteiger partial charge in [0, 0.05) is 6.04 Å². The second-order valence-electron chi connectivity index (χ2n) is 2.86. The second kappa shape index (κ2) is 5.17. The largest absolute Gasteiger partial charge is 0.480 e. The van der Waals surface area contributed by atoms with Crippen LogP contribution in [0.25, 0.3) is 0 Å². The van der Waals surface area contributed by atoms with E-state index < -0.39 is 5.97 Å². The molecule has 1 saturated heterocycles. The van der Waals surface area contributed by atoms with Crippen LogP contribution in [-0.4, -0.2) is 23.2 Å². The zero-order chi connectivity index (χ0) is 8.27. The first-order valence-corrected chi connectivity index (χ1v) is 3.83. The average molecular weight is 192 g/mol. The standard InChI is InChI=1S/C8H13NO2.ClH/c1-2-3-6-4-5-7(9-6)8(10)11;/h2,6-7,9H,1,3-5H2,(H,10,11);1H/t6?,7-;/m0./s1. The molecule has 1 aliphatic heterocycles.